The highest BCUT2D eigenvalue weighted by molar-refractivity contribution is 5.79. The average molecular weight is 273 g/mol. The van der Waals surface area contributed by atoms with Crippen molar-refractivity contribution >= 4 is 11.9 Å². The predicted octanol–water partition coefficient (Wildman–Crippen LogP) is 2.28. The third-order valence-corrected chi connectivity index (χ3v) is 3.78. The molecular formula is C16H19NO3. The molecule has 0 bridgehead atoms. The number of likely N-dealkylation sites (tertiary alicyclic amines) is 1. The van der Waals surface area contributed by atoms with Gasteiger partial charge >= 0.3 is 5.97 Å². The second kappa shape index (κ2) is 6.37. The highest BCUT2D eigenvalue weighted by atomic mass is 16.4. The van der Waals surface area contributed by atoms with Gasteiger partial charge in [-0.15, -0.1) is 6.58 Å². The molecule has 1 fully saturated rings. The lowest BCUT2D eigenvalue weighted by Crippen LogP contribution is -2.29. The van der Waals surface area contributed by atoms with Crippen LogP contribution in [0.15, 0.2) is 43.0 Å². The van der Waals surface area contributed by atoms with Crippen LogP contribution in [0.5, 0.6) is 0 Å². The molecule has 2 unspecified atom stereocenters. The summed E-state index contributed by atoms with van der Waals surface area (Å²) in [6.07, 6.45) is 2.73. The van der Waals surface area contributed by atoms with E-state index in [9.17, 15) is 14.7 Å². The highest BCUT2D eigenvalue weighted by Gasteiger charge is 2.39. The Morgan fingerprint density at radius 3 is 2.60 bits per heavy atom. The van der Waals surface area contributed by atoms with E-state index in [2.05, 4.69) is 6.58 Å². The molecule has 0 aromatic heterocycles. The average Bonchev–Trinajstić information content (AvgIpc) is 2.91. The normalized spacial score (nSPS) is 21.7. The fourth-order valence-corrected chi connectivity index (χ4v) is 2.68. The van der Waals surface area contributed by atoms with E-state index in [1.165, 1.54) is 0 Å². The van der Waals surface area contributed by atoms with Crippen molar-refractivity contribution in [1.29, 1.82) is 0 Å². The van der Waals surface area contributed by atoms with E-state index in [0.29, 0.717) is 25.9 Å². The number of carbonyl (C=O) groups is 2. The lowest BCUT2D eigenvalue weighted by atomic mass is 9.89. The number of carboxylic acid groups (broad SMARTS) is 1. The third kappa shape index (κ3) is 3.07. The number of aliphatic carboxylic acids is 1. The first-order valence-electron chi connectivity index (χ1n) is 6.80. The summed E-state index contributed by atoms with van der Waals surface area (Å²) >= 11 is 0. The maximum atomic E-state index is 12.0. The van der Waals surface area contributed by atoms with Crippen molar-refractivity contribution in [3.63, 3.8) is 0 Å². The Morgan fingerprint density at radius 1 is 1.30 bits per heavy atom. The lowest BCUT2D eigenvalue weighted by molar-refractivity contribution is -0.141. The van der Waals surface area contributed by atoms with E-state index in [1.54, 1.807) is 11.0 Å². The van der Waals surface area contributed by atoms with Gasteiger partial charge in [-0.25, -0.2) is 0 Å². The highest BCUT2D eigenvalue weighted by Crippen LogP contribution is 2.33. The van der Waals surface area contributed by atoms with Crippen LogP contribution in [0.1, 0.15) is 24.3 Å². The molecule has 1 aliphatic heterocycles. The molecule has 0 saturated carbocycles. The van der Waals surface area contributed by atoms with Gasteiger partial charge in [0.1, 0.15) is 0 Å². The summed E-state index contributed by atoms with van der Waals surface area (Å²) in [7, 11) is 0. The van der Waals surface area contributed by atoms with Crippen molar-refractivity contribution in [3.8, 4) is 0 Å². The van der Waals surface area contributed by atoms with Crippen LogP contribution < -0.4 is 0 Å². The Hall–Kier alpha value is -2.10. The van der Waals surface area contributed by atoms with Crippen molar-refractivity contribution < 1.29 is 14.7 Å². The van der Waals surface area contributed by atoms with Crippen molar-refractivity contribution in [1.82, 2.24) is 4.90 Å². The van der Waals surface area contributed by atoms with Gasteiger partial charge in [0.15, 0.2) is 0 Å². The molecule has 1 N–H and O–H groups in total. The molecule has 4 heteroatoms. The zero-order valence-corrected chi connectivity index (χ0v) is 11.4. The second-order valence-corrected chi connectivity index (χ2v) is 5.09. The first kappa shape index (κ1) is 14.3. The van der Waals surface area contributed by atoms with Crippen LogP contribution in [-0.4, -0.2) is 35.0 Å². The number of amides is 1. The van der Waals surface area contributed by atoms with E-state index in [1.807, 2.05) is 30.3 Å². The predicted molar refractivity (Wildman–Crippen MR) is 76.3 cm³/mol. The van der Waals surface area contributed by atoms with Crippen molar-refractivity contribution in [2.24, 2.45) is 5.92 Å². The van der Waals surface area contributed by atoms with Gasteiger partial charge in [0.05, 0.1) is 5.92 Å². The number of allylic oxidation sites excluding steroid dienone is 1. The SMILES string of the molecule is C=CCCC(=O)N1CC(C(=O)O)C(c2ccccc2)C1. The van der Waals surface area contributed by atoms with Crippen LogP contribution in [0.25, 0.3) is 0 Å². The van der Waals surface area contributed by atoms with Crippen LogP contribution in [0.3, 0.4) is 0 Å². The van der Waals surface area contributed by atoms with E-state index in [0.717, 1.165) is 5.56 Å². The Labute approximate surface area is 118 Å². The van der Waals surface area contributed by atoms with Gasteiger partial charge in [-0.05, 0) is 12.0 Å². The first-order valence-corrected chi connectivity index (χ1v) is 6.80. The van der Waals surface area contributed by atoms with Crippen LogP contribution in [0.4, 0.5) is 0 Å². The molecule has 0 aliphatic carbocycles. The molecule has 1 aromatic carbocycles. The van der Waals surface area contributed by atoms with E-state index in [4.69, 9.17) is 0 Å². The van der Waals surface area contributed by atoms with E-state index in [-0.39, 0.29) is 11.8 Å². The number of hydrogen-bond acceptors (Lipinski definition) is 2. The molecule has 1 aromatic rings. The zero-order valence-electron chi connectivity index (χ0n) is 11.4. The molecule has 1 saturated heterocycles. The van der Waals surface area contributed by atoms with Crippen LogP contribution >= 0.6 is 0 Å². The summed E-state index contributed by atoms with van der Waals surface area (Å²) in [5.41, 5.74) is 0.985. The lowest BCUT2D eigenvalue weighted by Gasteiger charge is -2.16. The Kier molecular flexibility index (Phi) is 4.56. The first-order chi connectivity index (χ1) is 9.63. The van der Waals surface area contributed by atoms with Crippen LogP contribution in [-0.2, 0) is 9.59 Å². The number of rotatable bonds is 5. The molecule has 1 heterocycles. The molecule has 4 nitrogen and oxygen atoms in total. The van der Waals surface area contributed by atoms with Crippen molar-refractivity contribution in [3.05, 3.63) is 48.6 Å². The van der Waals surface area contributed by atoms with Gasteiger partial charge in [0, 0.05) is 25.4 Å². The summed E-state index contributed by atoms with van der Waals surface area (Å²) in [5, 5.41) is 9.37. The largest absolute Gasteiger partial charge is 0.481 e. The van der Waals surface area contributed by atoms with Gasteiger partial charge in [-0.2, -0.15) is 0 Å². The van der Waals surface area contributed by atoms with Crippen molar-refractivity contribution in [2.45, 2.75) is 18.8 Å². The van der Waals surface area contributed by atoms with Crippen LogP contribution in [0, 0.1) is 5.92 Å². The molecule has 1 amide bonds. The molecule has 0 radical (unpaired) electrons. The molecule has 1 aliphatic rings. The van der Waals surface area contributed by atoms with Crippen molar-refractivity contribution in [2.75, 3.05) is 13.1 Å². The second-order valence-electron chi connectivity index (χ2n) is 5.09. The molecule has 2 rings (SSSR count). The fraction of sp³-hybridized carbons (Fsp3) is 0.375. The number of carbonyl (C=O) groups excluding carboxylic acids is 1. The van der Waals surface area contributed by atoms with E-state index >= 15 is 0 Å². The number of carboxylic acids is 1. The minimum Gasteiger partial charge on any atom is -0.481 e. The molecule has 106 valence electrons. The minimum absolute atomic E-state index is 0.00887. The van der Waals surface area contributed by atoms with Gasteiger partial charge in [0.25, 0.3) is 0 Å². The molecular weight excluding hydrogens is 254 g/mol. The summed E-state index contributed by atoms with van der Waals surface area (Å²) in [6.45, 7) is 4.38. The van der Waals surface area contributed by atoms with Crippen LogP contribution in [0.2, 0.25) is 0 Å². The summed E-state index contributed by atoms with van der Waals surface area (Å²) in [6, 6.07) is 9.56. The summed E-state index contributed by atoms with van der Waals surface area (Å²) in [4.78, 5) is 25.1. The number of hydrogen-bond donors (Lipinski definition) is 1. The smallest absolute Gasteiger partial charge is 0.308 e. The Balaban J connectivity index is 2.13. The maximum absolute atomic E-state index is 12.0. The fourth-order valence-electron chi connectivity index (χ4n) is 2.68. The van der Waals surface area contributed by atoms with Gasteiger partial charge in [-0.3, -0.25) is 9.59 Å². The quantitative estimate of drug-likeness (QED) is 0.837. The number of benzene rings is 1. The molecule has 20 heavy (non-hydrogen) atoms. The van der Waals surface area contributed by atoms with Gasteiger partial charge in [0.2, 0.25) is 5.91 Å². The molecule has 2 atom stereocenters. The third-order valence-electron chi connectivity index (χ3n) is 3.78. The Bertz CT molecular complexity index is 498. The van der Waals surface area contributed by atoms with E-state index < -0.39 is 11.9 Å². The maximum Gasteiger partial charge on any atom is 0.308 e. The zero-order chi connectivity index (χ0) is 14.5. The minimum atomic E-state index is -0.835. The summed E-state index contributed by atoms with van der Waals surface area (Å²) in [5.74, 6) is -1.47. The topological polar surface area (TPSA) is 57.6 Å². The van der Waals surface area contributed by atoms with Gasteiger partial charge in [-0.1, -0.05) is 36.4 Å². The molecule has 0 spiro atoms. The summed E-state index contributed by atoms with van der Waals surface area (Å²) < 4.78 is 0. The number of nitrogens with zero attached hydrogens (tertiary/aromatic N) is 1. The van der Waals surface area contributed by atoms with Gasteiger partial charge < -0.3 is 10.0 Å². The Morgan fingerprint density at radius 2 is 2.00 bits per heavy atom. The monoisotopic (exact) mass is 273 g/mol. The standard InChI is InChI=1S/C16H19NO3/c1-2-3-9-15(18)17-10-13(14(11-17)16(19)20)12-7-5-4-6-8-12/h2,4-8,13-14H,1,3,9-11H2,(H,19,20).